The van der Waals surface area contributed by atoms with Gasteiger partial charge in [0, 0.05) is 43.2 Å². The molecule has 5 heteroatoms. The normalized spacial score (nSPS) is 18.2. The van der Waals surface area contributed by atoms with Crippen LogP contribution >= 0.6 is 0 Å². The number of allylic oxidation sites excluding steroid dienone is 5. The van der Waals surface area contributed by atoms with Crippen LogP contribution in [0, 0.1) is 12.8 Å². The predicted octanol–water partition coefficient (Wildman–Crippen LogP) is 6.61. The van der Waals surface area contributed by atoms with Crippen LogP contribution in [0.2, 0.25) is 0 Å². The van der Waals surface area contributed by atoms with E-state index < -0.39 is 0 Å². The number of fused-ring (bicyclic) bond motifs is 6. The van der Waals surface area contributed by atoms with Crippen molar-refractivity contribution in [1.82, 2.24) is 9.97 Å². The first-order valence-electron chi connectivity index (χ1n) is 10.7. The summed E-state index contributed by atoms with van der Waals surface area (Å²) in [5.74, 6) is 1.04. The van der Waals surface area contributed by atoms with Gasteiger partial charge in [0.2, 0.25) is 0 Å². The van der Waals surface area contributed by atoms with E-state index in [2.05, 4.69) is 28.2 Å². The Labute approximate surface area is 205 Å². The Balaban J connectivity index is 0.000000152. The fourth-order valence-electron chi connectivity index (χ4n) is 4.45. The van der Waals surface area contributed by atoms with Gasteiger partial charge in [-0.3, -0.25) is 9.97 Å². The van der Waals surface area contributed by atoms with Crippen molar-refractivity contribution in [2.45, 2.75) is 19.8 Å². The molecule has 0 amide bonds. The first-order valence-corrected chi connectivity index (χ1v) is 10.7. The second-order valence-corrected chi connectivity index (χ2v) is 8.29. The Morgan fingerprint density at radius 2 is 1.48 bits per heavy atom. The van der Waals surface area contributed by atoms with Gasteiger partial charge in [-0.05, 0) is 48.1 Å². The number of nitrogens with zero attached hydrogens (tertiary/aromatic N) is 2. The van der Waals surface area contributed by atoms with E-state index in [0.717, 1.165) is 44.1 Å². The Morgan fingerprint density at radius 3 is 2.33 bits per heavy atom. The Kier molecular flexibility index (Phi) is 6.44. The number of aliphatic hydroxyl groups is 1. The van der Waals surface area contributed by atoms with Gasteiger partial charge in [-0.15, -0.1) is 0 Å². The molecule has 4 aromatic rings. The molecule has 4 nitrogen and oxygen atoms in total. The van der Waals surface area contributed by atoms with Crippen molar-refractivity contribution >= 4 is 27.8 Å². The fourth-order valence-corrected chi connectivity index (χ4v) is 4.45. The Morgan fingerprint density at radius 1 is 0.788 bits per heavy atom. The molecule has 160 valence electrons. The maximum absolute atomic E-state index is 10.2. The topological polar surface area (TPSA) is 66.2 Å². The molecule has 2 N–H and O–H groups in total. The van der Waals surface area contributed by atoms with Crippen LogP contribution in [0.5, 0.6) is 5.75 Å². The van der Waals surface area contributed by atoms with E-state index in [-0.39, 0.29) is 31.3 Å². The molecule has 0 aliphatic heterocycles. The minimum absolute atomic E-state index is 0. The molecule has 0 fully saturated rings. The van der Waals surface area contributed by atoms with Gasteiger partial charge in [0.05, 0.1) is 22.5 Å². The SMILES string of the molecule is CC1=C(O)C2c3ncccc3C=CC2C=C1.Cc1ccc2ccc3cccnc3c2c1O.[Zn]. The molecule has 0 bridgehead atoms. The van der Waals surface area contributed by atoms with Gasteiger partial charge < -0.3 is 10.2 Å². The number of rotatable bonds is 0. The quantitative estimate of drug-likeness (QED) is 0.217. The summed E-state index contributed by atoms with van der Waals surface area (Å²) in [6.45, 7) is 3.83. The van der Waals surface area contributed by atoms with E-state index in [0.29, 0.717) is 11.5 Å². The zero-order valence-electron chi connectivity index (χ0n) is 18.7. The molecule has 6 rings (SSSR count). The zero-order chi connectivity index (χ0) is 22.2. The van der Waals surface area contributed by atoms with Gasteiger partial charge in [0.15, 0.2) is 0 Å². The first-order chi connectivity index (χ1) is 15.5. The van der Waals surface area contributed by atoms with Crippen LogP contribution in [0.25, 0.3) is 27.8 Å². The van der Waals surface area contributed by atoms with E-state index >= 15 is 0 Å². The third-order valence-electron chi connectivity index (χ3n) is 6.25. The van der Waals surface area contributed by atoms with Crippen LogP contribution in [0.3, 0.4) is 0 Å². The van der Waals surface area contributed by atoms with Crippen LogP contribution in [0.15, 0.2) is 90.5 Å². The molecule has 33 heavy (non-hydrogen) atoms. The van der Waals surface area contributed by atoms with Gasteiger partial charge in [0.1, 0.15) is 11.5 Å². The molecule has 2 aromatic carbocycles. The number of phenols is 1. The number of hydrogen-bond donors (Lipinski definition) is 2. The Hall–Kier alpha value is -3.30. The van der Waals surface area contributed by atoms with Crippen molar-refractivity contribution in [1.29, 1.82) is 0 Å². The summed E-state index contributed by atoms with van der Waals surface area (Å²) in [5, 5.41) is 23.2. The van der Waals surface area contributed by atoms with E-state index in [4.69, 9.17) is 0 Å². The molecule has 2 aliphatic rings. The summed E-state index contributed by atoms with van der Waals surface area (Å²) in [6, 6.07) is 15.8. The number of benzene rings is 2. The standard InChI is InChI=1S/C14H13NO.C14H11NO.Zn/c2*1-9-4-5-10-6-7-11-3-2-8-15-13(11)12(10)14(9)16;/h2-8,10,12,16H,1H3;2-8,16H,1H3;. The van der Waals surface area contributed by atoms with Gasteiger partial charge in [-0.2, -0.15) is 0 Å². The average molecular weight is 486 g/mol. The smallest absolute Gasteiger partial charge is 0.128 e. The molecule has 2 aliphatic carbocycles. The molecular formula is C28H24N2O2Zn. The molecular weight excluding hydrogens is 462 g/mol. The molecule has 0 saturated carbocycles. The number of aryl methyl sites for hydroxylation is 1. The van der Waals surface area contributed by atoms with Crippen LogP contribution in [0.1, 0.15) is 29.7 Å². The first kappa shape index (κ1) is 22.9. The summed E-state index contributed by atoms with van der Waals surface area (Å²) in [6.07, 6.45) is 11.9. The van der Waals surface area contributed by atoms with Crippen LogP contribution in [-0.4, -0.2) is 20.2 Å². The fraction of sp³-hybridized carbons (Fsp3) is 0.143. The zero-order valence-corrected chi connectivity index (χ0v) is 21.7. The number of aliphatic hydroxyl groups excluding tert-OH is 1. The number of pyridine rings is 2. The van der Waals surface area contributed by atoms with Gasteiger partial charge in [0.25, 0.3) is 0 Å². The average Bonchev–Trinajstić information content (AvgIpc) is 2.83. The second-order valence-electron chi connectivity index (χ2n) is 8.29. The summed E-state index contributed by atoms with van der Waals surface area (Å²) in [4.78, 5) is 8.76. The molecule has 2 aromatic heterocycles. The van der Waals surface area contributed by atoms with Gasteiger partial charge >= 0.3 is 0 Å². The molecule has 2 heterocycles. The van der Waals surface area contributed by atoms with Crippen LogP contribution in [-0.2, 0) is 19.5 Å². The molecule has 0 radical (unpaired) electrons. The summed E-state index contributed by atoms with van der Waals surface area (Å²) < 4.78 is 0. The minimum atomic E-state index is 0. The minimum Gasteiger partial charge on any atom is -0.511 e. The van der Waals surface area contributed by atoms with E-state index in [1.165, 1.54) is 0 Å². The van der Waals surface area contributed by atoms with Crippen molar-refractivity contribution in [3.8, 4) is 5.75 Å². The molecule has 2 unspecified atom stereocenters. The largest absolute Gasteiger partial charge is 0.511 e. The van der Waals surface area contributed by atoms with Crippen molar-refractivity contribution in [3.05, 3.63) is 107 Å². The third-order valence-corrected chi connectivity index (χ3v) is 6.25. The maximum Gasteiger partial charge on any atom is 0.128 e. The van der Waals surface area contributed by atoms with Gasteiger partial charge in [-0.1, -0.05) is 60.7 Å². The van der Waals surface area contributed by atoms with E-state index in [1.807, 2.05) is 68.5 Å². The van der Waals surface area contributed by atoms with Crippen molar-refractivity contribution in [2.24, 2.45) is 5.92 Å². The number of hydrogen-bond acceptors (Lipinski definition) is 4. The van der Waals surface area contributed by atoms with Crippen LogP contribution in [0.4, 0.5) is 0 Å². The predicted molar refractivity (Wildman–Crippen MR) is 130 cm³/mol. The summed E-state index contributed by atoms with van der Waals surface area (Å²) in [5.41, 5.74) is 4.77. The Bertz CT molecular complexity index is 1440. The number of phenolic OH excluding ortho intramolecular Hbond substituents is 1. The van der Waals surface area contributed by atoms with E-state index in [1.54, 1.807) is 12.4 Å². The molecule has 0 spiro atoms. The summed E-state index contributed by atoms with van der Waals surface area (Å²) in [7, 11) is 0. The monoisotopic (exact) mass is 484 g/mol. The molecule has 0 saturated heterocycles. The number of aromatic nitrogens is 2. The molecule has 2 atom stereocenters. The van der Waals surface area contributed by atoms with Gasteiger partial charge in [-0.25, -0.2) is 0 Å². The second kappa shape index (κ2) is 9.29. The van der Waals surface area contributed by atoms with Crippen LogP contribution < -0.4 is 0 Å². The van der Waals surface area contributed by atoms with Crippen molar-refractivity contribution < 1.29 is 29.7 Å². The van der Waals surface area contributed by atoms with E-state index in [9.17, 15) is 10.2 Å². The van der Waals surface area contributed by atoms with Crippen molar-refractivity contribution in [2.75, 3.05) is 0 Å². The third kappa shape index (κ3) is 4.09. The number of aromatic hydroxyl groups is 1. The van der Waals surface area contributed by atoms with Crippen molar-refractivity contribution in [3.63, 3.8) is 0 Å². The maximum atomic E-state index is 10.2. The summed E-state index contributed by atoms with van der Waals surface area (Å²) >= 11 is 0.